The molecule has 4 aromatic rings. The molecule has 0 unspecified atom stereocenters. The molecule has 0 aliphatic heterocycles. The van der Waals surface area contributed by atoms with Crippen molar-refractivity contribution >= 4 is 27.5 Å². The molecular weight excluding hydrogens is 598 g/mol. The van der Waals surface area contributed by atoms with Gasteiger partial charge in [-0.25, -0.2) is 8.42 Å². The zero-order chi connectivity index (χ0) is 33.3. The van der Waals surface area contributed by atoms with Crippen LogP contribution in [0.1, 0.15) is 42.5 Å². The molecule has 0 aliphatic carbocycles. The van der Waals surface area contributed by atoms with Crippen LogP contribution in [-0.4, -0.2) is 50.9 Å². The molecule has 0 aliphatic rings. The fourth-order valence-electron chi connectivity index (χ4n) is 5.12. The smallest absolute Gasteiger partial charge is 0.264 e. The van der Waals surface area contributed by atoms with Gasteiger partial charge in [-0.2, -0.15) is 0 Å². The highest BCUT2D eigenvalue weighted by Crippen LogP contribution is 2.27. The van der Waals surface area contributed by atoms with E-state index in [9.17, 15) is 18.0 Å². The summed E-state index contributed by atoms with van der Waals surface area (Å²) >= 11 is 0. The van der Waals surface area contributed by atoms with Gasteiger partial charge in [0.15, 0.2) is 0 Å². The maximum atomic E-state index is 14.6. The van der Waals surface area contributed by atoms with Gasteiger partial charge in [0.25, 0.3) is 10.0 Å². The summed E-state index contributed by atoms with van der Waals surface area (Å²) < 4.78 is 34.7. The van der Waals surface area contributed by atoms with Crippen LogP contribution in [-0.2, 0) is 32.6 Å². The SMILES string of the molecule is CC[C@H](C)NC(=O)[C@@H](Cc1ccccc1)N(Cc1cccc(C)c1)C(=O)CN(c1ccc(C)cc1)S(=O)(=O)c1ccc(OC)cc1. The Morgan fingerprint density at radius 2 is 1.48 bits per heavy atom. The summed E-state index contributed by atoms with van der Waals surface area (Å²) in [5.74, 6) is -0.282. The van der Waals surface area contributed by atoms with E-state index in [1.165, 1.54) is 24.1 Å². The number of nitrogens with one attached hydrogen (secondary N) is 1. The molecule has 0 bridgehead atoms. The Bertz CT molecular complexity index is 1710. The van der Waals surface area contributed by atoms with Gasteiger partial charge in [-0.1, -0.05) is 84.8 Å². The van der Waals surface area contributed by atoms with Crippen LogP contribution in [0, 0.1) is 13.8 Å². The molecular formula is C37H43N3O5S. The third-order valence-electron chi connectivity index (χ3n) is 7.96. The Labute approximate surface area is 273 Å². The normalized spacial score (nSPS) is 12.5. The topological polar surface area (TPSA) is 96.0 Å². The van der Waals surface area contributed by atoms with Gasteiger partial charge in [-0.15, -0.1) is 0 Å². The standard InChI is InChI=1S/C37H43N3O5S/c1-6-29(4)38-37(42)35(24-30-12-8-7-9-13-30)39(25-31-14-10-11-28(3)23-31)36(41)26-40(32-17-15-27(2)16-18-32)46(43,44)34-21-19-33(45-5)20-22-34/h7-23,29,35H,6,24-26H2,1-5H3,(H,38,42)/t29-,35+/m0/s1. The monoisotopic (exact) mass is 641 g/mol. The molecule has 4 rings (SSSR count). The predicted molar refractivity (Wildman–Crippen MR) is 182 cm³/mol. The van der Waals surface area contributed by atoms with E-state index in [0.717, 1.165) is 33.0 Å². The molecule has 2 atom stereocenters. The molecule has 0 saturated heterocycles. The lowest BCUT2D eigenvalue weighted by Crippen LogP contribution is -2.54. The third-order valence-corrected chi connectivity index (χ3v) is 9.74. The molecule has 0 aromatic heterocycles. The summed E-state index contributed by atoms with van der Waals surface area (Å²) in [5.41, 5.74) is 4.02. The zero-order valence-corrected chi connectivity index (χ0v) is 28.0. The average Bonchev–Trinajstić information content (AvgIpc) is 3.06. The Hall–Kier alpha value is -4.63. The van der Waals surface area contributed by atoms with Crippen LogP contribution in [0.2, 0.25) is 0 Å². The van der Waals surface area contributed by atoms with Crippen molar-refractivity contribution in [3.05, 3.63) is 125 Å². The van der Waals surface area contributed by atoms with E-state index in [4.69, 9.17) is 4.74 Å². The van der Waals surface area contributed by atoms with Crippen molar-refractivity contribution in [2.45, 2.75) is 64.1 Å². The molecule has 8 nitrogen and oxygen atoms in total. The number of sulfonamides is 1. The van der Waals surface area contributed by atoms with Crippen molar-refractivity contribution in [3.63, 3.8) is 0 Å². The number of hydrogen-bond donors (Lipinski definition) is 1. The van der Waals surface area contributed by atoms with Gasteiger partial charge >= 0.3 is 0 Å². The van der Waals surface area contributed by atoms with Crippen molar-refractivity contribution in [1.82, 2.24) is 10.2 Å². The molecule has 46 heavy (non-hydrogen) atoms. The average molecular weight is 642 g/mol. The number of rotatable bonds is 14. The predicted octanol–water partition coefficient (Wildman–Crippen LogP) is 6.06. The highest BCUT2D eigenvalue weighted by atomic mass is 32.2. The second-order valence-corrected chi connectivity index (χ2v) is 13.4. The molecule has 0 spiro atoms. The minimum absolute atomic E-state index is 0.0160. The van der Waals surface area contributed by atoms with Gasteiger partial charge in [-0.05, 0) is 74.7 Å². The van der Waals surface area contributed by atoms with Crippen LogP contribution >= 0.6 is 0 Å². The van der Waals surface area contributed by atoms with E-state index in [0.29, 0.717) is 11.4 Å². The summed E-state index contributed by atoms with van der Waals surface area (Å²) in [6.07, 6.45) is 0.980. The molecule has 0 fully saturated rings. The van der Waals surface area contributed by atoms with E-state index in [-0.39, 0.29) is 29.8 Å². The first-order valence-electron chi connectivity index (χ1n) is 15.4. The summed E-state index contributed by atoms with van der Waals surface area (Å²) in [5, 5.41) is 3.06. The molecule has 242 valence electrons. The quantitative estimate of drug-likeness (QED) is 0.181. The Morgan fingerprint density at radius 3 is 2.09 bits per heavy atom. The Kier molecular flexibility index (Phi) is 11.6. The second kappa shape index (κ2) is 15.6. The number of hydrogen-bond acceptors (Lipinski definition) is 5. The van der Waals surface area contributed by atoms with Crippen LogP contribution < -0.4 is 14.4 Å². The number of benzene rings is 4. The number of amides is 2. The summed E-state index contributed by atoms with van der Waals surface area (Å²) in [4.78, 5) is 30.1. The van der Waals surface area contributed by atoms with Crippen molar-refractivity contribution in [1.29, 1.82) is 0 Å². The lowest BCUT2D eigenvalue weighted by Gasteiger charge is -2.34. The number of ether oxygens (including phenoxy) is 1. The second-order valence-electron chi connectivity index (χ2n) is 11.6. The van der Waals surface area contributed by atoms with Gasteiger partial charge in [0.1, 0.15) is 18.3 Å². The minimum atomic E-state index is -4.20. The summed E-state index contributed by atoms with van der Waals surface area (Å²) in [6.45, 7) is 7.39. The molecule has 0 saturated carbocycles. The van der Waals surface area contributed by atoms with Crippen LogP contribution in [0.4, 0.5) is 5.69 Å². The van der Waals surface area contributed by atoms with Crippen molar-refractivity contribution < 1.29 is 22.7 Å². The van der Waals surface area contributed by atoms with Gasteiger partial charge < -0.3 is 15.0 Å². The van der Waals surface area contributed by atoms with E-state index < -0.39 is 28.5 Å². The largest absolute Gasteiger partial charge is 0.497 e. The lowest BCUT2D eigenvalue weighted by atomic mass is 10.0. The van der Waals surface area contributed by atoms with E-state index in [2.05, 4.69) is 5.32 Å². The maximum Gasteiger partial charge on any atom is 0.264 e. The Morgan fingerprint density at radius 1 is 0.826 bits per heavy atom. The van der Waals surface area contributed by atoms with Gasteiger partial charge in [0.2, 0.25) is 11.8 Å². The van der Waals surface area contributed by atoms with Gasteiger partial charge in [0, 0.05) is 19.0 Å². The van der Waals surface area contributed by atoms with Crippen LogP contribution in [0.3, 0.4) is 0 Å². The van der Waals surface area contributed by atoms with E-state index >= 15 is 0 Å². The van der Waals surface area contributed by atoms with Crippen LogP contribution in [0.25, 0.3) is 0 Å². The number of carbonyl (C=O) groups is 2. The molecule has 4 aromatic carbocycles. The number of nitrogens with zero attached hydrogens (tertiary/aromatic N) is 2. The fourth-order valence-corrected chi connectivity index (χ4v) is 6.53. The number of aryl methyl sites for hydroxylation is 2. The Balaban J connectivity index is 1.80. The lowest BCUT2D eigenvalue weighted by molar-refractivity contribution is -0.140. The zero-order valence-electron chi connectivity index (χ0n) is 27.1. The van der Waals surface area contributed by atoms with Crippen molar-refractivity contribution in [3.8, 4) is 5.75 Å². The number of carbonyl (C=O) groups excluding carboxylic acids is 2. The third kappa shape index (κ3) is 8.75. The molecule has 9 heteroatoms. The maximum absolute atomic E-state index is 14.6. The van der Waals surface area contributed by atoms with E-state index in [1.807, 2.05) is 82.3 Å². The minimum Gasteiger partial charge on any atom is -0.497 e. The van der Waals surface area contributed by atoms with Gasteiger partial charge in [0.05, 0.1) is 17.7 Å². The van der Waals surface area contributed by atoms with Crippen LogP contribution in [0.15, 0.2) is 108 Å². The molecule has 1 N–H and O–H groups in total. The number of anilines is 1. The van der Waals surface area contributed by atoms with Gasteiger partial charge in [-0.3, -0.25) is 13.9 Å². The first kappa shape index (κ1) is 34.2. The molecule has 0 heterocycles. The fraction of sp³-hybridized carbons (Fsp3) is 0.297. The van der Waals surface area contributed by atoms with E-state index in [1.54, 1.807) is 36.4 Å². The molecule has 0 radical (unpaired) electrons. The highest BCUT2D eigenvalue weighted by molar-refractivity contribution is 7.92. The first-order chi connectivity index (χ1) is 22.0. The van der Waals surface area contributed by atoms with Crippen molar-refractivity contribution in [2.75, 3.05) is 18.0 Å². The first-order valence-corrected chi connectivity index (χ1v) is 16.9. The number of methoxy groups -OCH3 is 1. The summed E-state index contributed by atoms with van der Waals surface area (Å²) in [6, 6.07) is 29.3. The van der Waals surface area contributed by atoms with Crippen molar-refractivity contribution in [2.24, 2.45) is 0 Å². The molecule has 2 amide bonds. The highest BCUT2D eigenvalue weighted by Gasteiger charge is 2.35. The summed E-state index contributed by atoms with van der Waals surface area (Å²) in [7, 11) is -2.69. The van der Waals surface area contributed by atoms with Crippen LogP contribution in [0.5, 0.6) is 5.75 Å².